The lowest BCUT2D eigenvalue weighted by atomic mass is 10.2. The monoisotopic (exact) mass is 416 g/mol. The SMILES string of the molecule is Nc1nonc1N=NN(CC(=O)N/N=C/c1ccc([N+](=O)[O-])cc1)c1nonc1N. The molecule has 0 unspecified atom stereocenters. The van der Waals surface area contributed by atoms with Crippen molar-refractivity contribution < 1.29 is 19.0 Å². The zero-order valence-corrected chi connectivity index (χ0v) is 14.8. The average molecular weight is 416 g/mol. The summed E-state index contributed by atoms with van der Waals surface area (Å²) in [6.45, 7) is -0.440. The minimum Gasteiger partial charge on any atom is -0.378 e. The van der Waals surface area contributed by atoms with Gasteiger partial charge in [-0.25, -0.2) is 19.7 Å². The third-order valence-corrected chi connectivity index (χ3v) is 3.28. The minimum absolute atomic E-state index is 0.0704. The second-order valence-corrected chi connectivity index (χ2v) is 5.34. The number of benzene rings is 1. The number of rotatable bonds is 8. The molecule has 3 aromatic rings. The van der Waals surface area contributed by atoms with Crippen molar-refractivity contribution in [2.45, 2.75) is 0 Å². The predicted octanol–water partition coefficient (Wildman–Crippen LogP) is 0.181. The van der Waals surface area contributed by atoms with Gasteiger partial charge >= 0.3 is 0 Å². The molecule has 154 valence electrons. The van der Waals surface area contributed by atoms with E-state index in [0.29, 0.717) is 5.56 Å². The van der Waals surface area contributed by atoms with E-state index >= 15 is 0 Å². The Morgan fingerprint density at radius 3 is 2.47 bits per heavy atom. The Kier molecular flexibility index (Phi) is 5.82. The first-order valence-corrected chi connectivity index (χ1v) is 7.85. The number of anilines is 3. The van der Waals surface area contributed by atoms with E-state index in [9.17, 15) is 14.9 Å². The smallest absolute Gasteiger partial charge is 0.269 e. The highest BCUT2D eigenvalue weighted by Gasteiger charge is 2.19. The number of amides is 1. The Morgan fingerprint density at radius 1 is 1.17 bits per heavy atom. The molecule has 30 heavy (non-hydrogen) atoms. The van der Waals surface area contributed by atoms with E-state index in [1.807, 2.05) is 0 Å². The Bertz CT molecular complexity index is 1090. The average Bonchev–Trinajstić information content (AvgIpc) is 3.33. The van der Waals surface area contributed by atoms with E-state index in [2.05, 4.69) is 50.7 Å². The zero-order chi connectivity index (χ0) is 21.5. The van der Waals surface area contributed by atoms with Gasteiger partial charge in [0.25, 0.3) is 17.4 Å². The summed E-state index contributed by atoms with van der Waals surface area (Å²) in [4.78, 5) is 22.3. The lowest BCUT2D eigenvalue weighted by Gasteiger charge is -2.12. The van der Waals surface area contributed by atoms with E-state index < -0.39 is 17.4 Å². The summed E-state index contributed by atoms with van der Waals surface area (Å²) >= 11 is 0. The molecule has 0 aliphatic carbocycles. The second kappa shape index (κ2) is 8.82. The molecule has 5 N–H and O–H groups in total. The van der Waals surface area contributed by atoms with Crippen LogP contribution in [0.1, 0.15) is 5.56 Å². The topological polar surface area (TPSA) is 242 Å². The van der Waals surface area contributed by atoms with Crippen LogP contribution in [0.25, 0.3) is 0 Å². The molecule has 0 spiro atoms. The number of hydrogen-bond acceptors (Lipinski definition) is 14. The number of nitro groups is 1. The lowest BCUT2D eigenvalue weighted by Crippen LogP contribution is -2.32. The highest BCUT2D eigenvalue weighted by Crippen LogP contribution is 2.21. The summed E-state index contributed by atoms with van der Waals surface area (Å²) in [5, 5.41) is 36.5. The summed E-state index contributed by atoms with van der Waals surface area (Å²) in [6.07, 6.45) is 1.29. The highest BCUT2D eigenvalue weighted by atomic mass is 16.6. The van der Waals surface area contributed by atoms with Crippen LogP contribution in [0.3, 0.4) is 0 Å². The zero-order valence-electron chi connectivity index (χ0n) is 14.8. The Hall–Kier alpha value is -4.96. The van der Waals surface area contributed by atoms with E-state index in [0.717, 1.165) is 5.01 Å². The first-order valence-electron chi connectivity index (χ1n) is 7.85. The van der Waals surface area contributed by atoms with Crippen LogP contribution in [-0.4, -0.2) is 44.2 Å². The van der Waals surface area contributed by atoms with Crippen LogP contribution in [0.5, 0.6) is 0 Å². The fraction of sp³-hybridized carbons (Fsp3) is 0.0769. The van der Waals surface area contributed by atoms with Crippen molar-refractivity contribution in [3.05, 3.63) is 39.9 Å². The van der Waals surface area contributed by atoms with Gasteiger partial charge in [0.2, 0.25) is 17.5 Å². The van der Waals surface area contributed by atoms with Crippen molar-refractivity contribution in [2.24, 2.45) is 15.4 Å². The van der Waals surface area contributed by atoms with E-state index in [1.165, 1.54) is 30.5 Å². The van der Waals surface area contributed by atoms with Gasteiger partial charge in [0, 0.05) is 12.1 Å². The summed E-state index contributed by atoms with van der Waals surface area (Å²) < 4.78 is 8.87. The van der Waals surface area contributed by atoms with Gasteiger partial charge in [0.05, 0.1) is 11.1 Å². The summed E-state index contributed by atoms with van der Waals surface area (Å²) in [5.74, 6) is -1.14. The van der Waals surface area contributed by atoms with Crippen molar-refractivity contribution in [1.29, 1.82) is 0 Å². The first-order chi connectivity index (χ1) is 14.4. The summed E-state index contributed by atoms with van der Waals surface area (Å²) in [6, 6.07) is 5.53. The normalized spacial score (nSPS) is 11.2. The number of carbonyl (C=O) groups is 1. The molecule has 3 rings (SSSR count). The molecule has 0 saturated carbocycles. The third-order valence-electron chi connectivity index (χ3n) is 3.28. The molecule has 0 aliphatic heterocycles. The summed E-state index contributed by atoms with van der Waals surface area (Å²) in [5.41, 5.74) is 13.8. The maximum atomic E-state index is 12.2. The second-order valence-electron chi connectivity index (χ2n) is 5.34. The lowest BCUT2D eigenvalue weighted by molar-refractivity contribution is -0.384. The Balaban J connectivity index is 1.65. The standard InChI is InChI=1S/C13H12N12O5/c14-10-12(21-29-19-10)18-23-24(13-11(15)20-30-22-13)6-9(26)17-16-5-7-1-3-8(4-2-7)25(27)28/h1-5H,6H2,(H2,14,19)(H2,15,20)(H,17,26)/b16-5+,23-18?. The maximum Gasteiger partial charge on any atom is 0.269 e. The van der Waals surface area contributed by atoms with Gasteiger partial charge in [-0.2, -0.15) is 5.10 Å². The molecule has 0 saturated heterocycles. The van der Waals surface area contributed by atoms with Crippen LogP contribution in [0, 0.1) is 10.1 Å². The van der Waals surface area contributed by atoms with Gasteiger partial charge in [-0.3, -0.25) is 14.9 Å². The molecular weight excluding hydrogens is 404 g/mol. The molecule has 0 radical (unpaired) electrons. The molecule has 0 bridgehead atoms. The van der Waals surface area contributed by atoms with E-state index in [1.54, 1.807) is 0 Å². The number of nitrogens with one attached hydrogen (secondary N) is 1. The van der Waals surface area contributed by atoms with Gasteiger partial charge in [0.15, 0.2) is 0 Å². The number of nitrogen functional groups attached to an aromatic ring is 2. The Morgan fingerprint density at radius 2 is 1.87 bits per heavy atom. The number of aromatic nitrogens is 4. The molecule has 1 amide bonds. The molecule has 17 heteroatoms. The van der Waals surface area contributed by atoms with Crippen molar-refractivity contribution in [2.75, 3.05) is 23.0 Å². The quantitative estimate of drug-likeness (QED) is 0.193. The molecule has 2 heterocycles. The number of nitrogens with two attached hydrogens (primary N) is 2. The van der Waals surface area contributed by atoms with Crippen molar-refractivity contribution in [1.82, 2.24) is 26.1 Å². The molecule has 2 aromatic heterocycles. The third kappa shape index (κ3) is 4.85. The molecule has 0 atom stereocenters. The number of hydrogen-bond donors (Lipinski definition) is 3. The molecule has 17 nitrogen and oxygen atoms in total. The van der Waals surface area contributed by atoms with E-state index in [4.69, 9.17) is 11.5 Å². The fourth-order valence-electron chi connectivity index (χ4n) is 1.91. The highest BCUT2D eigenvalue weighted by molar-refractivity contribution is 5.84. The van der Waals surface area contributed by atoms with Crippen LogP contribution in [-0.2, 0) is 4.79 Å². The minimum atomic E-state index is -0.638. The maximum absolute atomic E-state index is 12.2. The van der Waals surface area contributed by atoms with Crippen molar-refractivity contribution in [3.63, 3.8) is 0 Å². The fourth-order valence-corrected chi connectivity index (χ4v) is 1.91. The molecular formula is C13H12N12O5. The van der Waals surface area contributed by atoms with Crippen LogP contribution >= 0.6 is 0 Å². The van der Waals surface area contributed by atoms with Gasteiger partial charge in [0.1, 0.15) is 6.54 Å². The van der Waals surface area contributed by atoms with Gasteiger partial charge in [-0.1, -0.05) is 5.22 Å². The van der Waals surface area contributed by atoms with Gasteiger partial charge < -0.3 is 11.5 Å². The number of nitrogens with zero attached hydrogens (tertiary/aromatic N) is 9. The number of carbonyl (C=O) groups excluding carboxylic acids is 1. The largest absolute Gasteiger partial charge is 0.378 e. The number of non-ortho nitro benzene ring substituents is 1. The van der Waals surface area contributed by atoms with Crippen molar-refractivity contribution in [3.8, 4) is 0 Å². The predicted molar refractivity (Wildman–Crippen MR) is 98.1 cm³/mol. The molecule has 1 aromatic carbocycles. The van der Waals surface area contributed by atoms with Crippen molar-refractivity contribution >= 4 is 41.1 Å². The van der Waals surface area contributed by atoms with Crippen LogP contribution in [0.4, 0.5) is 29.0 Å². The Labute approximate surface area is 165 Å². The van der Waals surface area contributed by atoms with E-state index in [-0.39, 0.29) is 29.0 Å². The molecule has 0 aliphatic rings. The van der Waals surface area contributed by atoms with Crippen LogP contribution in [0.2, 0.25) is 0 Å². The number of hydrazone groups is 1. The van der Waals surface area contributed by atoms with Gasteiger partial charge in [-0.15, -0.1) is 5.11 Å². The molecule has 0 fully saturated rings. The first kappa shape index (κ1) is 19.8. The van der Waals surface area contributed by atoms with Crippen LogP contribution < -0.4 is 21.9 Å². The summed E-state index contributed by atoms with van der Waals surface area (Å²) in [7, 11) is 0. The van der Waals surface area contributed by atoms with Gasteiger partial charge in [-0.05, 0) is 38.3 Å². The number of nitro benzene ring substituents is 1. The van der Waals surface area contributed by atoms with Crippen LogP contribution in [0.15, 0.2) is 49.0 Å².